The van der Waals surface area contributed by atoms with Crippen molar-refractivity contribution in [2.45, 2.75) is 89.6 Å². The van der Waals surface area contributed by atoms with Crippen LogP contribution in [0.15, 0.2) is 24.3 Å². The molecular formula is C25H37N3O3. The highest BCUT2D eigenvalue weighted by molar-refractivity contribution is 5.98. The van der Waals surface area contributed by atoms with Gasteiger partial charge >= 0.3 is 6.03 Å². The maximum absolute atomic E-state index is 12.5. The van der Waals surface area contributed by atoms with Crippen molar-refractivity contribution < 1.29 is 14.4 Å². The molecule has 1 aromatic carbocycles. The summed E-state index contributed by atoms with van der Waals surface area (Å²) in [6, 6.07) is 8.14. The molecule has 31 heavy (non-hydrogen) atoms. The summed E-state index contributed by atoms with van der Waals surface area (Å²) >= 11 is 0. The summed E-state index contributed by atoms with van der Waals surface area (Å²) in [6.07, 6.45) is 9.88. The predicted octanol–water partition coefficient (Wildman–Crippen LogP) is 4.22. The van der Waals surface area contributed by atoms with E-state index in [9.17, 15) is 14.4 Å². The molecule has 0 spiro atoms. The molecule has 1 aromatic rings. The van der Waals surface area contributed by atoms with Crippen LogP contribution in [0.25, 0.3) is 0 Å². The molecule has 0 aromatic heterocycles. The second kappa shape index (κ2) is 11.9. The SMILES string of the molecule is CCCc1ccc(C(=O)CCC(=O)NC2CCN(C(=O)NC3CCCCC3)CC2)cc1. The Labute approximate surface area is 186 Å². The first-order chi connectivity index (χ1) is 15.0. The van der Waals surface area contributed by atoms with Crippen molar-refractivity contribution in [3.63, 3.8) is 0 Å². The summed E-state index contributed by atoms with van der Waals surface area (Å²) in [5.74, 6) is -0.0755. The summed E-state index contributed by atoms with van der Waals surface area (Å²) < 4.78 is 0. The fraction of sp³-hybridized carbons (Fsp3) is 0.640. The van der Waals surface area contributed by atoms with Crippen molar-refractivity contribution in [2.24, 2.45) is 0 Å². The van der Waals surface area contributed by atoms with Crippen molar-refractivity contribution in [2.75, 3.05) is 13.1 Å². The van der Waals surface area contributed by atoms with Gasteiger partial charge < -0.3 is 15.5 Å². The van der Waals surface area contributed by atoms with Gasteiger partial charge in [-0.2, -0.15) is 0 Å². The largest absolute Gasteiger partial charge is 0.353 e. The van der Waals surface area contributed by atoms with Gasteiger partial charge in [0.2, 0.25) is 5.91 Å². The Morgan fingerprint density at radius 3 is 2.16 bits per heavy atom. The Bertz CT molecular complexity index is 733. The molecule has 1 saturated carbocycles. The van der Waals surface area contributed by atoms with E-state index >= 15 is 0 Å². The molecular weight excluding hydrogens is 390 g/mol. The summed E-state index contributed by atoms with van der Waals surface area (Å²) in [7, 11) is 0. The number of rotatable bonds is 8. The van der Waals surface area contributed by atoms with E-state index in [1.807, 2.05) is 29.2 Å². The molecule has 6 nitrogen and oxygen atoms in total. The smallest absolute Gasteiger partial charge is 0.317 e. The maximum Gasteiger partial charge on any atom is 0.317 e. The van der Waals surface area contributed by atoms with E-state index in [0.717, 1.165) is 38.5 Å². The lowest BCUT2D eigenvalue weighted by Crippen LogP contribution is -2.51. The van der Waals surface area contributed by atoms with Gasteiger partial charge in [-0.25, -0.2) is 4.79 Å². The Balaban J connectivity index is 1.34. The molecule has 2 aliphatic rings. The number of hydrogen-bond donors (Lipinski definition) is 2. The van der Waals surface area contributed by atoms with Crippen molar-refractivity contribution in [3.8, 4) is 0 Å². The molecule has 170 valence electrons. The summed E-state index contributed by atoms with van der Waals surface area (Å²) in [6.45, 7) is 3.45. The van der Waals surface area contributed by atoms with Crippen molar-refractivity contribution >= 4 is 17.7 Å². The van der Waals surface area contributed by atoms with Crippen molar-refractivity contribution in [1.29, 1.82) is 0 Å². The van der Waals surface area contributed by atoms with E-state index in [2.05, 4.69) is 17.6 Å². The molecule has 2 N–H and O–H groups in total. The average molecular weight is 428 g/mol. The number of carbonyl (C=O) groups excluding carboxylic acids is 3. The van der Waals surface area contributed by atoms with E-state index in [-0.39, 0.29) is 36.6 Å². The lowest BCUT2D eigenvalue weighted by atomic mass is 9.95. The third-order valence-electron chi connectivity index (χ3n) is 6.47. The molecule has 1 aliphatic carbocycles. The molecule has 3 amide bonds. The number of nitrogens with one attached hydrogen (secondary N) is 2. The number of carbonyl (C=O) groups is 3. The normalized spacial score (nSPS) is 17.9. The zero-order valence-electron chi connectivity index (χ0n) is 18.8. The van der Waals surface area contributed by atoms with Crippen LogP contribution in [0.2, 0.25) is 0 Å². The molecule has 1 heterocycles. The van der Waals surface area contributed by atoms with Crippen molar-refractivity contribution in [1.82, 2.24) is 15.5 Å². The number of urea groups is 1. The Morgan fingerprint density at radius 2 is 1.52 bits per heavy atom. The number of nitrogens with zero attached hydrogens (tertiary/aromatic N) is 1. The zero-order chi connectivity index (χ0) is 22.1. The van der Waals surface area contributed by atoms with E-state index in [1.54, 1.807) is 0 Å². The second-order valence-electron chi connectivity index (χ2n) is 8.98. The van der Waals surface area contributed by atoms with Gasteiger partial charge in [-0.05, 0) is 37.7 Å². The third-order valence-corrected chi connectivity index (χ3v) is 6.47. The maximum atomic E-state index is 12.5. The molecule has 2 fully saturated rings. The van der Waals surface area contributed by atoms with Crippen LogP contribution in [0.5, 0.6) is 0 Å². The van der Waals surface area contributed by atoms with Crippen LogP contribution in [-0.4, -0.2) is 47.8 Å². The number of ketones is 1. The monoisotopic (exact) mass is 427 g/mol. The number of Topliss-reactive ketones (excluding diaryl/α,β-unsaturated/α-hetero) is 1. The van der Waals surface area contributed by atoms with E-state index < -0.39 is 0 Å². The Hall–Kier alpha value is -2.37. The van der Waals surface area contributed by atoms with Gasteiger partial charge in [-0.1, -0.05) is 56.9 Å². The second-order valence-corrected chi connectivity index (χ2v) is 8.98. The average Bonchev–Trinajstić information content (AvgIpc) is 2.79. The minimum absolute atomic E-state index is 0.00685. The van der Waals surface area contributed by atoms with Gasteiger partial charge in [0.1, 0.15) is 0 Å². The molecule has 0 bridgehead atoms. The fourth-order valence-corrected chi connectivity index (χ4v) is 4.56. The topological polar surface area (TPSA) is 78.5 Å². The minimum atomic E-state index is -0.0824. The van der Waals surface area contributed by atoms with E-state index in [0.29, 0.717) is 24.7 Å². The standard InChI is InChI=1S/C25H37N3O3/c1-2-6-19-9-11-20(12-10-19)23(29)13-14-24(30)26-22-15-17-28(18-16-22)25(31)27-21-7-4-3-5-8-21/h9-12,21-22H,2-8,13-18H2,1H3,(H,26,30)(H,27,31). The first-order valence-electron chi connectivity index (χ1n) is 12.0. The predicted molar refractivity (Wildman–Crippen MR) is 122 cm³/mol. The minimum Gasteiger partial charge on any atom is -0.353 e. The van der Waals surface area contributed by atoms with Crippen LogP contribution in [0.1, 0.15) is 87.1 Å². The first-order valence-corrected chi connectivity index (χ1v) is 12.0. The number of aryl methyl sites for hydroxylation is 1. The van der Waals surface area contributed by atoms with E-state index in [4.69, 9.17) is 0 Å². The highest BCUT2D eigenvalue weighted by atomic mass is 16.2. The van der Waals surface area contributed by atoms with Crippen LogP contribution in [-0.2, 0) is 11.2 Å². The molecule has 0 radical (unpaired) electrons. The highest BCUT2D eigenvalue weighted by Gasteiger charge is 2.25. The van der Waals surface area contributed by atoms with Gasteiger partial charge in [0.05, 0.1) is 0 Å². The van der Waals surface area contributed by atoms with Gasteiger partial charge in [0, 0.05) is 43.6 Å². The summed E-state index contributed by atoms with van der Waals surface area (Å²) in [4.78, 5) is 39.0. The molecule has 1 aliphatic heterocycles. The lowest BCUT2D eigenvalue weighted by molar-refractivity contribution is -0.122. The van der Waals surface area contributed by atoms with Gasteiger partial charge in [0.25, 0.3) is 0 Å². The zero-order valence-corrected chi connectivity index (χ0v) is 18.8. The quantitative estimate of drug-likeness (QED) is 0.610. The highest BCUT2D eigenvalue weighted by Crippen LogP contribution is 2.18. The van der Waals surface area contributed by atoms with Crippen LogP contribution in [0.4, 0.5) is 4.79 Å². The molecule has 0 atom stereocenters. The molecule has 1 saturated heterocycles. The number of hydrogen-bond acceptors (Lipinski definition) is 3. The van der Waals surface area contributed by atoms with Crippen LogP contribution < -0.4 is 10.6 Å². The third kappa shape index (κ3) is 7.37. The van der Waals surface area contributed by atoms with Gasteiger partial charge in [0.15, 0.2) is 5.78 Å². The summed E-state index contributed by atoms with van der Waals surface area (Å²) in [5.41, 5.74) is 1.90. The van der Waals surface area contributed by atoms with E-state index in [1.165, 1.54) is 24.8 Å². The number of likely N-dealkylation sites (tertiary alicyclic amines) is 1. The number of benzene rings is 1. The molecule has 3 rings (SSSR count). The van der Waals surface area contributed by atoms with Crippen LogP contribution >= 0.6 is 0 Å². The molecule has 0 unspecified atom stereocenters. The Morgan fingerprint density at radius 1 is 0.871 bits per heavy atom. The number of amides is 3. The first kappa shape index (κ1) is 23.3. The van der Waals surface area contributed by atoms with Crippen molar-refractivity contribution in [3.05, 3.63) is 35.4 Å². The Kier molecular flexibility index (Phi) is 8.92. The lowest BCUT2D eigenvalue weighted by Gasteiger charge is -2.34. The number of piperidine rings is 1. The molecule has 6 heteroatoms. The fourth-order valence-electron chi connectivity index (χ4n) is 4.56. The van der Waals surface area contributed by atoms with Crippen LogP contribution in [0, 0.1) is 0 Å². The van der Waals surface area contributed by atoms with Crippen LogP contribution in [0.3, 0.4) is 0 Å². The van der Waals surface area contributed by atoms with Gasteiger partial charge in [-0.3, -0.25) is 9.59 Å². The summed E-state index contributed by atoms with van der Waals surface area (Å²) in [5, 5.41) is 6.21. The van der Waals surface area contributed by atoms with Gasteiger partial charge in [-0.15, -0.1) is 0 Å².